The van der Waals surface area contributed by atoms with Crippen LogP contribution in [0.25, 0.3) is 0 Å². The first-order valence-corrected chi connectivity index (χ1v) is 11.0. The fourth-order valence-corrected chi connectivity index (χ4v) is 4.98. The van der Waals surface area contributed by atoms with Crippen molar-refractivity contribution >= 4 is 0 Å². The van der Waals surface area contributed by atoms with Crippen LogP contribution < -0.4 is 0 Å². The number of likely N-dealkylation sites (tertiary alicyclic amines) is 1. The molecule has 0 unspecified atom stereocenters. The number of alkyl halides is 3. The Balaban J connectivity index is 1.25. The standard InChI is InChI=1S/C25H31F3N2/c1-29(18-22-6-2-3-7-24(22)25(26,27)28)16-20-14-23(15-20)21-10-8-19(9-11-21)17-30-12-4-5-13-30/h2-3,6-11,20,23H,4-5,12-18H2,1H3/t20-,23-. The lowest BCUT2D eigenvalue weighted by Crippen LogP contribution is -2.33. The van der Waals surface area contributed by atoms with E-state index in [0.29, 0.717) is 23.9 Å². The van der Waals surface area contributed by atoms with Gasteiger partial charge < -0.3 is 4.90 Å². The molecule has 1 saturated carbocycles. The monoisotopic (exact) mass is 416 g/mol. The number of rotatable bonds is 7. The summed E-state index contributed by atoms with van der Waals surface area (Å²) in [6.07, 6.45) is 0.586. The second-order valence-corrected chi connectivity index (χ2v) is 9.11. The fraction of sp³-hybridized carbons (Fsp3) is 0.520. The minimum absolute atomic E-state index is 0.335. The van der Waals surface area contributed by atoms with Crippen molar-refractivity contribution in [2.45, 2.75) is 50.9 Å². The molecule has 30 heavy (non-hydrogen) atoms. The maximum absolute atomic E-state index is 13.2. The molecule has 0 atom stereocenters. The zero-order valence-electron chi connectivity index (χ0n) is 17.7. The number of hydrogen-bond donors (Lipinski definition) is 0. The lowest BCUT2D eigenvalue weighted by Gasteiger charge is -2.38. The smallest absolute Gasteiger partial charge is 0.302 e. The number of benzene rings is 2. The van der Waals surface area contributed by atoms with Crippen LogP contribution >= 0.6 is 0 Å². The molecule has 2 aromatic carbocycles. The Hall–Kier alpha value is -1.85. The molecule has 1 saturated heterocycles. The van der Waals surface area contributed by atoms with Gasteiger partial charge in [0.2, 0.25) is 0 Å². The van der Waals surface area contributed by atoms with Gasteiger partial charge in [0.05, 0.1) is 5.56 Å². The molecule has 2 fully saturated rings. The predicted octanol–water partition coefficient (Wildman–Crippen LogP) is 5.93. The molecule has 2 aromatic rings. The van der Waals surface area contributed by atoms with E-state index in [-0.39, 0.29) is 0 Å². The largest absolute Gasteiger partial charge is 0.416 e. The minimum atomic E-state index is -4.29. The summed E-state index contributed by atoms with van der Waals surface area (Å²) in [5.41, 5.74) is 2.63. The predicted molar refractivity (Wildman–Crippen MR) is 114 cm³/mol. The highest BCUT2D eigenvalue weighted by molar-refractivity contribution is 5.30. The summed E-state index contributed by atoms with van der Waals surface area (Å²) in [6, 6.07) is 15.0. The van der Waals surface area contributed by atoms with E-state index in [2.05, 4.69) is 29.2 Å². The lowest BCUT2D eigenvalue weighted by molar-refractivity contribution is -0.138. The van der Waals surface area contributed by atoms with Gasteiger partial charge in [-0.15, -0.1) is 0 Å². The van der Waals surface area contributed by atoms with Crippen LogP contribution in [-0.4, -0.2) is 36.5 Å². The molecule has 0 aromatic heterocycles. The van der Waals surface area contributed by atoms with Gasteiger partial charge in [-0.05, 0) is 80.4 Å². The first kappa shape index (κ1) is 21.4. The molecular weight excluding hydrogens is 385 g/mol. The Morgan fingerprint density at radius 2 is 1.63 bits per heavy atom. The van der Waals surface area contributed by atoms with Crippen LogP contribution in [0.2, 0.25) is 0 Å². The maximum atomic E-state index is 13.2. The highest BCUT2D eigenvalue weighted by Crippen LogP contribution is 2.42. The maximum Gasteiger partial charge on any atom is 0.416 e. The Labute approximate surface area is 177 Å². The van der Waals surface area contributed by atoms with Gasteiger partial charge in [-0.25, -0.2) is 0 Å². The molecule has 0 amide bonds. The van der Waals surface area contributed by atoms with Gasteiger partial charge in [0.15, 0.2) is 0 Å². The van der Waals surface area contributed by atoms with Crippen molar-refractivity contribution in [1.82, 2.24) is 9.80 Å². The second kappa shape index (κ2) is 9.11. The molecule has 2 aliphatic rings. The third-order valence-electron chi connectivity index (χ3n) is 6.62. The zero-order chi connectivity index (χ0) is 21.1. The van der Waals surface area contributed by atoms with Crippen LogP contribution in [0.1, 0.15) is 53.9 Å². The number of hydrogen-bond acceptors (Lipinski definition) is 2. The SMILES string of the molecule is CN(Cc1ccccc1C(F)(F)F)C[C@H]1C[C@H](c2ccc(CN3CCCC3)cc2)C1. The van der Waals surface area contributed by atoms with Crippen LogP contribution in [-0.2, 0) is 19.3 Å². The lowest BCUT2D eigenvalue weighted by atomic mass is 9.71. The minimum Gasteiger partial charge on any atom is -0.302 e. The van der Waals surface area contributed by atoms with E-state index in [4.69, 9.17) is 0 Å². The third kappa shape index (κ3) is 5.25. The first-order valence-electron chi connectivity index (χ1n) is 11.0. The van der Waals surface area contributed by atoms with E-state index in [1.807, 2.05) is 11.9 Å². The van der Waals surface area contributed by atoms with Crippen LogP contribution in [0.3, 0.4) is 0 Å². The summed E-state index contributed by atoms with van der Waals surface area (Å²) in [5, 5.41) is 0. The molecule has 0 spiro atoms. The van der Waals surface area contributed by atoms with E-state index < -0.39 is 11.7 Å². The summed E-state index contributed by atoms with van der Waals surface area (Å²) in [6.45, 7) is 4.66. The van der Waals surface area contributed by atoms with Gasteiger partial charge in [0.1, 0.15) is 0 Å². The molecule has 2 nitrogen and oxygen atoms in total. The van der Waals surface area contributed by atoms with Gasteiger partial charge in [0, 0.05) is 19.6 Å². The highest BCUT2D eigenvalue weighted by Gasteiger charge is 2.34. The fourth-order valence-electron chi connectivity index (χ4n) is 4.98. The molecule has 0 bridgehead atoms. The Morgan fingerprint density at radius 3 is 2.30 bits per heavy atom. The average molecular weight is 417 g/mol. The van der Waals surface area contributed by atoms with Crippen LogP contribution in [0, 0.1) is 5.92 Å². The second-order valence-electron chi connectivity index (χ2n) is 9.11. The van der Waals surface area contributed by atoms with Gasteiger partial charge in [0.25, 0.3) is 0 Å². The normalized spacial score (nSPS) is 22.4. The molecule has 4 rings (SSSR count). The Morgan fingerprint density at radius 1 is 0.967 bits per heavy atom. The molecule has 1 heterocycles. The van der Waals surface area contributed by atoms with Crippen molar-refractivity contribution in [3.8, 4) is 0 Å². The van der Waals surface area contributed by atoms with Crippen molar-refractivity contribution in [3.63, 3.8) is 0 Å². The van der Waals surface area contributed by atoms with Gasteiger partial charge in [-0.1, -0.05) is 42.5 Å². The molecule has 1 aliphatic carbocycles. The van der Waals surface area contributed by atoms with Crippen LogP contribution in [0.15, 0.2) is 48.5 Å². The summed E-state index contributed by atoms with van der Waals surface area (Å²) in [5.74, 6) is 1.15. The van der Waals surface area contributed by atoms with Crippen molar-refractivity contribution in [2.75, 3.05) is 26.7 Å². The number of nitrogens with zero attached hydrogens (tertiary/aromatic N) is 2. The van der Waals surface area contributed by atoms with Gasteiger partial charge in [-0.2, -0.15) is 13.2 Å². The van der Waals surface area contributed by atoms with Gasteiger partial charge in [-0.3, -0.25) is 4.90 Å². The summed E-state index contributed by atoms with van der Waals surface area (Å²) in [7, 11) is 1.92. The molecule has 0 radical (unpaired) electrons. The van der Waals surface area contributed by atoms with E-state index in [0.717, 1.165) is 25.9 Å². The highest BCUT2D eigenvalue weighted by atomic mass is 19.4. The zero-order valence-corrected chi connectivity index (χ0v) is 17.7. The molecule has 5 heteroatoms. The van der Waals surface area contributed by atoms with Crippen molar-refractivity contribution < 1.29 is 13.2 Å². The first-order chi connectivity index (χ1) is 14.4. The Bertz CT molecular complexity index is 819. The Kier molecular flexibility index (Phi) is 6.49. The van der Waals surface area contributed by atoms with Crippen molar-refractivity contribution in [1.29, 1.82) is 0 Å². The van der Waals surface area contributed by atoms with Crippen LogP contribution in [0.4, 0.5) is 13.2 Å². The third-order valence-corrected chi connectivity index (χ3v) is 6.62. The molecular formula is C25H31F3N2. The van der Waals surface area contributed by atoms with E-state index in [9.17, 15) is 13.2 Å². The molecule has 1 aliphatic heterocycles. The van der Waals surface area contributed by atoms with Crippen LogP contribution in [0.5, 0.6) is 0 Å². The van der Waals surface area contributed by atoms with E-state index >= 15 is 0 Å². The molecule has 162 valence electrons. The van der Waals surface area contributed by atoms with E-state index in [1.54, 1.807) is 12.1 Å². The summed E-state index contributed by atoms with van der Waals surface area (Å²) >= 11 is 0. The van der Waals surface area contributed by atoms with Crippen molar-refractivity contribution in [2.24, 2.45) is 5.92 Å². The summed E-state index contributed by atoms with van der Waals surface area (Å²) < 4.78 is 39.6. The quantitative estimate of drug-likeness (QED) is 0.552. The van der Waals surface area contributed by atoms with Crippen molar-refractivity contribution in [3.05, 3.63) is 70.8 Å². The number of halogens is 3. The topological polar surface area (TPSA) is 6.48 Å². The summed E-state index contributed by atoms with van der Waals surface area (Å²) in [4.78, 5) is 4.55. The average Bonchev–Trinajstić information content (AvgIpc) is 3.18. The molecule has 0 N–H and O–H groups in total. The van der Waals surface area contributed by atoms with Gasteiger partial charge >= 0.3 is 6.18 Å². The van der Waals surface area contributed by atoms with E-state index in [1.165, 1.54) is 49.2 Å².